The SMILES string of the molecule is CC(C)C[C@H](NC(=O)[C@H](Cc1ccc(OCc2ccccc2)cc1)NC(=O)OC(C)(C)C)C(N)=O. The number of carbonyl (C=O) groups is 3. The summed E-state index contributed by atoms with van der Waals surface area (Å²) in [5.41, 5.74) is 6.61. The summed E-state index contributed by atoms with van der Waals surface area (Å²) in [6.07, 6.45) is -0.134. The average molecular weight is 484 g/mol. The molecule has 8 heteroatoms. The molecule has 2 aromatic carbocycles. The third-order valence-electron chi connectivity index (χ3n) is 4.99. The monoisotopic (exact) mass is 483 g/mol. The van der Waals surface area contributed by atoms with Gasteiger partial charge in [0, 0.05) is 6.42 Å². The summed E-state index contributed by atoms with van der Waals surface area (Å²) >= 11 is 0. The minimum atomic E-state index is -0.963. The fourth-order valence-electron chi connectivity index (χ4n) is 3.35. The van der Waals surface area contributed by atoms with Gasteiger partial charge < -0.3 is 25.8 Å². The third-order valence-corrected chi connectivity index (χ3v) is 4.99. The molecular formula is C27H37N3O5. The number of amides is 3. The van der Waals surface area contributed by atoms with Gasteiger partial charge in [0.1, 0.15) is 30.0 Å². The molecule has 3 amide bonds. The smallest absolute Gasteiger partial charge is 0.408 e. The first-order chi connectivity index (χ1) is 16.4. The normalized spacial score (nSPS) is 13.0. The van der Waals surface area contributed by atoms with Crippen LogP contribution in [0.15, 0.2) is 54.6 Å². The molecular weight excluding hydrogens is 446 g/mol. The summed E-state index contributed by atoms with van der Waals surface area (Å²) in [5.74, 6) is -0.300. The molecule has 0 spiro atoms. The molecule has 0 saturated carbocycles. The summed E-state index contributed by atoms with van der Waals surface area (Å²) < 4.78 is 11.1. The number of benzene rings is 2. The molecule has 190 valence electrons. The number of hydrogen-bond donors (Lipinski definition) is 3. The van der Waals surface area contributed by atoms with E-state index >= 15 is 0 Å². The van der Waals surface area contributed by atoms with E-state index in [0.717, 1.165) is 11.1 Å². The second-order valence-electron chi connectivity index (χ2n) is 9.91. The van der Waals surface area contributed by atoms with Gasteiger partial charge in [0.05, 0.1) is 0 Å². The lowest BCUT2D eigenvalue weighted by Gasteiger charge is -2.25. The predicted octanol–water partition coefficient (Wildman–Crippen LogP) is 3.72. The molecule has 35 heavy (non-hydrogen) atoms. The maximum atomic E-state index is 13.1. The highest BCUT2D eigenvalue weighted by molar-refractivity contribution is 5.91. The Kier molecular flexibility index (Phi) is 10.1. The Morgan fingerprint density at radius 2 is 1.51 bits per heavy atom. The lowest BCUT2D eigenvalue weighted by molar-refractivity contribution is -0.128. The maximum absolute atomic E-state index is 13.1. The number of nitrogens with two attached hydrogens (primary N) is 1. The van der Waals surface area contributed by atoms with Gasteiger partial charge in [-0.15, -0.1) is 0 Å². The highest BCUT2D eigenvalue weighted by Gasteiger charge is 2.28. The Morgan fingerprint density at radius 1 is 0.886 bits per heavy atom. The van der Waals surface area contributed by atoms with E-state index in [9.17, 15) is 14.4 Å². The molecule has 0 bridgehead atoms. The van der Waals surface area contributed by atoms with Crippen LogP contribution in [0.2, 0.25) is 0 Å². The van der Waals surface area contributed by atoms with Gasteiger partial charge in [-0.05, 0) is 56.4 Å². The van der Waals surface area contributed by atoms with Crippen LogP contribution in [-0.2, 0) is 27.4 Å². The van der Waals surface area contributed by atoms with Gasteiger partial charge in [-0.2, -0.15) is 0 Å². The Morgan fingerprint density at radius 3 is 2.06 bits per heavy atom. The number of alkyl carbamates (subject to hydrolysis) is 1. The molecule has 0 fully saturated rings. The lowest BCUT2D eigenvalue weighted by atomic mass is 10.0. The van der Waals surface area contributed by atoms with Crippen LogP contribution >= 0.6 is 0 Å². The number of primary amides is 1. The van der Waals surface area contributed by atoms with Crippen molar-refractivity contribution in [2.75, 3.05) is 0 Å². The van der Waals surface area contributed by atoms with Crippen LogP contribution in [0.25, 0.3) is 0 Å². The summed E-state index contributed by atoms with van der Waals surface area (Å²) in [6, 6.07) is 15.3. The van der Waals surface area contributed by atoms with Crippen LogP contribution in [0.1, 0.15) is 52.2 Å². The van der Waals surface area contributed by atoms with Crippen molar-refractivity contribution in [3.63, 3.8) is 0 Å². The molecule has 4 N–H and O–H groups in total. The van der Waals surface area contributed by atoms with Crippen molar-refractivity contribution in [3.05, 3.63) is 65.7 Å². The van der Waals surface area contributed by atoms with Gasteiger partial charge in [-0.3, -0.25) is 9.59 Å². The van der Waals surface area contributed by atoms with Crippen molar-refractivity contribution in [1.82, 2.24) is 10.6 Å². The van der Waals surface area contributed by atoms with Crippen molar-refractivity contribution < 1.29 is 23.9 Å². The molecule has 0 aliphatic carbocycles. The second kappa shape index (κ2) is 12.8. The Bertz CT molecular complexity index is 969. The zero-order chi connectivity index (χ0) is 26.0. The quantitative estimate of drug-likeness (QED) is 0.450. The van der Waals surface area contributed by atoms with E-state index < -0.39 is 35.6 Å². The Hall–Kier alpha value is -3.55. The van der Waals surface area contributed by atoms with Gasteiger partial charge in [-0.25, -0.2) is 4.79 Å². The van der Waals surface area contributed by atoms with Gasteiger partial charge in [-0.1, -0.05) is 56.3 Å². The zero-order valence-electron chi connectivity index (χ0n) is 21.2. The molecule has 2 atom stereocenters. The van der Waals surface area contributed by atoms with Crippen LogP contribution < -0.4 is 21.1 Å². The van der Waals surface area contributed by atoms with Gasteiger partial charge in [0.15, 0.2) is 0 Å². The van der Waals surface area contributed by atoms with Crippen LogP contribution in [-0.4, -0.2) is 35.6 Å². The van der Waals surface area contributed by atoms with Crippen molar-refractivity contribution in [2.24, 2.45) is 11.7 Å². The highest BCUT2D eigenvalue weighted by Crippen LogP contribution is 2.16. The second-order valence-corrected chi connectivity index (χ2v) is 9.91. The minimum absolute atomic E-state index is 0.147. The van der Waals surface area contributed by atoms with E-state index in [2.05, 4.69) is 10.6 Å². The molecule has 0 aliphatic rings. The van der Waals surface area contributed by atoms with E-state index in [1.54, 1.807) is 20.8 Å². The van der Waals surface area contributed by atoms with Gasteiger partial charge >= 0.3 is 6.09 Å². The van der Waals surface area contributed by atoms with E-state index in [-0.39, 0.29) is 12.3 Å². The molecule has 0 aromatic heterocycles. The maximum Gasteiger partial charge on any atom is 0.408 e. The molecule has 0 unspecified atom stereocenters. The standard InChI is InChI=1S/C27H37N3O5/c1-18(2)15-22(24(28)31)29-25(32)23(30-26(33)35-27(3,4)5)16-19-11-13-21(14-12-19)34-17-20-9-7-6-8-10-20/h6-14,18,22-23H,15-17H2,1-5H3,(H2,28,31)(H,29,32)(H,30,33)/t22-,23-/m0/s1. The van der Waals surface area contributed by atoms with Crippen molar-refractivity contribution in [1.29, 1.82) is 0 Å². The number of carbonyl (C=O) groups excluding carboxylic acids is 3. The third kappa shape index (κ3) is 10.5. The number of nitrogens with one attached hydrogen (secondary N) is 2. The number of ether oxygens (including phenoxy) is 2. The van der Waals surface area contributed by atoms with Crippen LogP contribution in [0.4, 0.5) is 4.79 Å². The molecule has 0 aliphatic heterocycles. The lowest BCUT2D eigenvalue weighted by Crippen LogP contribution is -2.54. The van der Waals surface area contributed by atoms with Crippen LogP contribution in [0.3, 0.4) is 0 Å². The Labute approximate surface area is 207 Å². The van der Waals surface area contributed by atoms with Crippen molar-refractivity contribution in [3.8, 4) is 5.75 Å². The number of rotatable bonds is 11. The van der Waals surface area contributed by atoms with E-state index in [4.69, 9.17) is 15.2 Å². The summed E-state index contributed by atoms with van der Waals surface area (Å²) in [7, 11) is 0. The molecule has 2 rings (SSSR count). The zero-order valence-corrected chi connectivity index (χ0v) is 21.2. The fourth-order valence-corrected chi connectivity index (χ4v) is 3.35. The minimum Gasteiger partial charge on any atom is -0.489 e. The first kappa shape index (κ1) is 27.7. The fraction of sp³-hybridized carbons (Fsp3) is 0.444. The molecule has 0 saturated heterocycles. The molecule has 0 radical (unpaired) electrons. The Balaban J connectivity index is 2.10. The van der Waals surface area contributed by atoms with Crippen LogP contribution in [0.5, 0.6) is 5.75 Å². The summed E-state index contributed by atoms with van der Waals surface area (Å²) in [4.78, 5) is 37.3. The average Bonchev–Trinajstić information content (AvgIpc) is 2.76. The molecule has 2 aromatic rings. The van der Waals surface area contributed by atoms with E-state index in [1.165, 1.54) is 0 Å². The van der Waals surface area contributed by atoms with E-state index in [0.29, 0.717) is 18.8 Å². The van der Waals surface area contributed by atoms with Crippen LogP contribution in [0, 0.1) is 5.92 Å². The van der Waals surface area contributed by atoms with E-state index in [1.807, 2.05) is 68.4 Å². The summed E-state index contributed by atoms with van der Waals surface area (Å²) in [5, 5.41) is 5.30. The van der Waals surface area contributed by atoms with Crippen molar-refractivity contribution in [2.45, 2.75) is 71.8 Å². The largest absolute Gasteiger partial charge is 0.489 e. The topological polar surface area (TPSA) is 120 Å². The van der Waals surface area contributed by atoms with Crippen molar-refractivity contribution >= 4 is 17.9 Å². The highest BCUT2D eigenvalue weighted by atomic mass is 16.6. The first-order valence-corrected chi connectivity index (χ1v) is 11.8. The predicted molar refractivity (Wildman–Crippen MR) is 135 cm³/mol. The van der Waals surface area contributed by atoms with Gasteiger partial charge in [0.2, 0.25) is 11.8 Å². The first-order valence-electron chi connectivity index (χ1n) is 11.8. The van der Waals surface area contributed by atoms with Gasteiger partial charge in [0.25, 0.3) is 0 Å². The molecule has 8 nitrogen and oxygen atoms in total. The summed E-state index contributed by atoms with van der Waals surface area (Å²) in [6.45, 7) is 9.51. The number of hydrogen-bond acceptors (Lipinski definition) is 5. The molecule has 0 heterocycles.